The van der Waals surface area contributed by atoms with Crippen LogP contribution in [0.3, 0.4) is 0 Å². The van der Waals surface area contributed by atoms with E-state index in [0.717, 1.165) is 0 Å². The molecular weight excluding hydrogens is 94.0 g/mol. The summed E-state index contributed by atoms with van der Waals surface area (Å²) >= 11 is 0. The summed E-state index contributed by atoms with van der Waals surface area (Å²) in [6.07, 6.45) is -0.353. The molecular formula is C4H8NO2. The van der Waals surface area contributed by atoms with Gasteiger partial charge in [-0.15, -0.1) is 0 Å². The maximum absolute atomic E-state index is 8.69. The van der Waals surface area contributed by atoms with Gasteiger partial charge in [0.1, 0.15) is 6.73 Å². The van der Waals surface area contributed by atoms with Crippen molar-refractivity contribution in [3.05, 3.63) is 0 Å². The van der Waals surface area contributed by atoms with Crippen LogP contribution in [0.1, 0.15) is 0 Å². The molecule has 0 aromatic heterocycles. The van der Waals surface area contributed by atoms with Crippen molar-refractivity contribution in [3.8, 4) is 0 Å². The van der Waals surface area contributed by atoms with Crippen LogP contribution in [0.5, 0.6) is 0 Å². The van der Waals surface area contributed by atoms with Crippen LogP contribution < -0.4 is 5.32 Å². The fourth-order valence-electron chi connectivity index (χ4n) is 0.508. The maximum Gasteiger partial charge on any atom is 0.112 e. The molecule has 1 N–H and O–H groups in total. The Bertz CT molecular complexity index is 51.7. The third-order valence-electron chi connectivity index (χ3n) is 0.833. The number of hydrogen-bond donors (Lipinski definition) is 1. The van der Waals surface area contributed by atoms with E-state index in [1.165, 1.54) is 0 Å². The Kier molecular flexibility index (Phi) is 1.62. The lowest BCUT2D eigenvalue weighted by Gasteiger charge is -2.15. The Balaban J connectivity index is 2.12. The lowest BCUT2D eigenvalue weighted by molar-refractivity contribution is -0.0111. The number of nitrogens with zero attached hydrogens (tertiary/aromatic N) is 1. The number of ether oxygens (including phenoxy) is 1. The first-order valence-corrected chi connectivity index (χ1v) is 2.28. The highest BCUT2D eigenvalue weighted by molar-refractivity contribution is 4.58. The predicted octanol–water partition coefficient (Wildman–Crippen LogP) is -1.06. The molecule has 0 bridgehead atoms. The molecule has 1 unspecified atom stereocenters. The lowest BCUT2D eigenvalue weighted by atomic mass is 10.4. The van der Waals surface area contributed by atoms with E-state index < -0.39 is 0 Å². The van der Waals surface area contributed by atoms with E-state index in [2.05, 4.69) is 5.32 Å². The zero-order valence-corrected chi connectivity index (χ0v) is 4.00. The third kappa shape index (κ3) is 1.43. The summed E-state index contributed by atoms with van der Waals surface area (Å²) < 4.78 is 4.77. The fourth-order valence-corrected chi connectivity index (χ4v) is 0.508. The minimum Gasteiger partial charge on any atom is -0.389 e. The van der Waals surface area contributed by atoms with Crippen molar-refractivity contribution in [2.45, 2.75) is 6.10 Å². The van der Waals surface area contributed by atoms with Crippen molar-refractivity contribution in [3.63, 3.8) is 0 Å². The van der Waals surface area contributed by atoms with Gasteiger partial charge in [-0.2, -0.15) is 0 Å². The summed E-state index contributed by atoms with van der Waals surface area (Å²) in [6.45, 7) is 1.45. The number of aliphatic hydroxyl groups excluding tert-OH is 1. The van der Waals surface area contributed by atoms with Gasteiger partial charge in [0.25, 0.3) is 0 Å². The van der Waals surface area contributed by atoms with Crippen LogP contribution in [0.4, 0.5) is 0 Å². The molecule has 0 aromatic carbocycles. The van der Waals surface area contributed by atoms with Crippen molar-refractivity contribution in [2.75, 3.05) is 19.9 Å². The van der Waals surface area contributed by atoms with Crippen LogP contribution in [0.15, 0.2) is 0 Å². The van der Waals surface area contributed by atoms with E-state index in [-0.39, 0.29) is 6.10 Å². The first-order valence-electron chi connectivity index (χ1n) is 2.28. The second kappa shape index (κ2) is 2.26. The summed E-state index contributed by atoms with van der Waals surface area (Å²) in [7, 11) is 0. The molecule has 41 valence electrons. The van der Waals surface area contributed by atoms with Crippen molar-refractivity contribution < 1.29 is 9.84 Å². The van der Waals surface area contributed by atoms with Gasteiger partial charge in [-0.05, 0) is 0 Å². The van der Waals surface area contributed by atoms with Gasteiger partial charge in [-0.3, -0.25) is 0 Å². The van der Waals surface area contributed by atoms with E-state index in [4.69, 9.17) is 9.84 Å². The first kappa shape index (κ1) is 5.03. The summed E-state index contributed by atoms with van der Waals surface area (Å²) in [4.78, 5) is 0. The van der Waals surface area contributed by atoms with Crippen LogP contribution in [-0.4, -0.2) is 31.1 Å². The Hall–Kier alpha value is -0.120. The number of rotatable bonds is 0. The van der Waals surface area contributed by atoms with Gasteiger partial charge < -0.3 is 9.84 Å². The predicted molar refractivity (Wildman–Crippen MR) is 23.8 cm³/mol. The highest BCUT2D eigenvalue weighted by Gasteiger charge is 2.08. The molecule has 0 saturated carbocycles. The molecule has 3 nitrogen and oxygen atoms in total. The Morgan fingerprint density at radius 2 is 2.57 bits per heavy atom. The number of hydrogen-bond acceptors (Lipinski definition) is 2. The molecule has 1 fully saturated rings. The molecule has 1 heterocycles. The molecule has 1 rings (SSSR count). The summed E-state index contributed by atoms with van der Waals surface area (Å²) in [5.74, 6) is 0. The average molecular weight is 102 g/mol. The summed E-state index contributed by atoms with van der Waals surface area (Å²) in [6, 6.07) is 0. The van der Waals surface area contributed by atoms with Crippen molar-refractivity contribution in [2.24, 2.45) is 0 Å². The third-order valence-corrected chi connectivity index (χ3v) is 0.833. The zero-order chi connectivity index (χ0) is 5.11. The Morgan fingerprint density at radius 3 is 2.86 bits per heavy atom. The molecule has 0 aliphatic carbocycles. The van der Waals surface area contributed by atoms with Crippen molar-refractivity contribution >= 4 is 0 Å². The maximum atomic E-state index is 8.69. The van der Waals surface area contributed by atoms with Crippen molar-refractivity contribution in [1.82, 2.24) is 5.32 Å². The summed E-state index contributed by atoms with van der Waals surface area (Å²) in [5, 5.41) is 12.5. The van der Waals surface area contributed by atoms with E-state index in [9.17, 15) is 0 Å². The highest BCUT2D eigenvalue weighted by Crippen LogP contribution is 1.88. The van der Waals surface area contributed by atoms with Gasteiger partial charge in [0.2, 0.25) is 0 Å². The average Bonchev–Trinajstić information content (AvgIpc) is 1.69. The smallest absolute Gasteiger partial charge is 0.112 e. The zero-order valence-electron chi connectivity index (χ0n) is 4.00. The number of aliphatic hydroxyl groups is 1. The van der Waals surface area contributed by atoms with Crippen LogP contribution in [0, 0.1) is 0 Å². The molecule has 7 heavy (non-hydrogen) atoms. The minimum atomic E-state index is -0.353. The molecule has 3 heteroatoms. The molecule has 0 aromatic rings. The van der Waals surface area contributed by atoms with Crippen LogP contribution in [0.2, 0.25) is 0 Å². The normalized spacial score (nSPS) is 33.0. The van der Waals surface area contributed by atoms with E-state index in [0.29, 0.717) is 19.9 Å². The van der Waals surface area contributed by atoms with Gasteiger partial charge in [0.15, 0.2) is 0 Å². The topological polar surface area (TPSA) is 43.6 Å². The van der Waals surface area contributed by atoms with Gasteiger partial charge in [0, 0.05) is 6.54 Å². The molecule has 0 amide bonds. The van der Waals surface area contributed by atoms with Gasteiger partial charge in [-0.25, -0.2) is 5.32 Å². The second-order valence-corrected chi connectivity index (χ2v) is 1.56. The van der Waals surface area contributed by atoms with Crippen LogP contribution in [-0.2, 0) is 4.74 Å². The van der Waals surface area contributed by atoms with Crippen LogP contribution >= 0.6 is 0 Å². The van der Waals surface area contributed by atoms with Gasteiger partial charge in [0.05, 0.1) is 12.7 Å². The highest BCUT2D eigenvalue weighted by atomic mass is 16.5. The molecule has 1 aliphatic rings. The monoisotopic (exact) mass is 102 g/mol. The summed E-state index contributed by atoms with van der Waals surface area (Å²) in [5.41, 5.74) is 0. The fraction of sp³-hybridized carbons (Fsp3) is 1.00. The molecule has 0 spiro atoms. The quantitative estimate of drug-likeness (QED) is 0.423. The molecule has 1 saturated heterocycles. The Morgan fingerprint density at radius 1 is 1.71 bits per heavy atom. The van der Waals surface area contributed by atoms with Gasteiger partial charge >= 0.3 is 0 Å². The molecule has 1 atom stereocenters. The van der Waals surface area contributed by atoms with E-state index >= 15 is 0 Å². The second-order valence-electron chi connectivity index (χ2n) is 1.56. The van der Waals surface area contributed by atoms with Crippen molar-refractivity contribution in [1.29, 1.82) is 0 Å². The first-order chi connectivity index (χ1) is 3.39. The van der Waals surface area contributed by atoms with Gasteiger partial charge in [-0.1, -0.05) is 0 Å². The molecule has 1 radical (unpaired) electrons. The lowest BCUT2D eigenvalue weighted by Crippen LogP contribution is -2.33. The van der Waals surface area contributed by atoms with Crippen LogP contribution in [0.25, 0.3) is 0 Å². The molecule has 1 aliphatic heterocycles. The van der Waals surface area contributed by atoms with E-state index in [1.54, 1.807) is 0 Å². The minimum absolute atomic E-state index is 0.353. The largest absolute Gasteiger partial charge is 0.389 e. The Labute approximate surface area is 42.3 Å². The van der Waals surface area contributed by atoms with E-state index in [1.807, 2.05) is 0 Å². The standard InChI is InChI=1S/C4H8NO2/c6-4-1-5-3-7-2-4/h4,6H,1-3H2. The SMILES string of the molecule is OC1C[N]COC1.